The van der Waals surface area contributed by atoms with Crippen LogP contribution in [0.1, 0.15) is 30.3 Å². The van der Waals surface area contributed by atoms with Crippen molar-refractivity contribution in [3.63, 3.8) is 0 Å². The lowest BCUT2D eigenvalue weighted by Gasteiger charge is -2.27. The van der Waals surface area contributed by atoms with Gasteiger partial charge in [-0.3, -0.25) is 4.68 Å². The maximum Gasteiger partial charge on any atom is 0.156 e. The van der Waals surface area contributed by atoms with E-state index >= 15 is 0 Å². The van der Waals surface area contributed by atoms with Crippen LogP contribution in [0.25, 0.3) is 22.2 Å². The molecule has 5 heterocycles. The Morgan fingerprint density at radius 3 is 2.41 bits per heavy atom. The summed E-state index contributed by atoms with van der Waals surface area (Å²) in [6, 6.07) is 9.24. The van der Waals surface area contributed by atoms with Crippen molar-refractivity contribution in [2.24, 2.45) is 7.05 Å². The summed E-state index contributed by atoms with van der Waals surface area (Å²) in [4.78, 5) is 16.0. The number of anilines is 1. The van der Waals surface area contributed by atoms with Gasteiger partial charge >= 0.3 is 0 Å². The lowest BCUT2D eigenvalue weighted by atomic mass is 9.90. The second-order valence-electron chi connectivity index (χ2n) is 9.34. The van der Waals surface area contributed by atoms with Crippen LogP contribution in [0.15, 0.2) is 73.7 Å². The molecule has 9 nitrogen and oxygen atoms in total. The summed E-state index contributed by atoms with van der Waals surface area (Å²) >= 11 is 5.99. The molecule has 37 heavy (non-hydrogen) atoms. The molecule has 1 aliphatic heterocycles. The van der Waals surface area contributed by atoms with Gasteiger partial charge in [-0.05, 0) is 42.7 Å². The first kappa shape index (κ1) is 23.3. The molecule has 0 bridgehead atoms. The van der Waals surface area contributed by atoms with E-state index in [-0.39, 0.29) is 0 Å². The molecule has 1 aromatic carbocycles. The molecule has 6 rings (SSSR count). The van der Waals surface area contributed by atoms with Crippen molar-refractivity contribution >= 4 is 28.5 Å². The van der Waals surface area contributed by atoms with Gasteiger partial charge in [-0.1, -0.05) is 29.8 Å². The fourth-order valence-electron chi connectivity index (χ4n) is 4.64. The van der Waals surface area contributed by atoms with E-state index in [0.29, 0.717) is 23.0 Å². The molecule has 0 saturated carbocycles. The molecule has 1 atom stereocenters. The van der Waals surface area contributed by atoms with Crippen LogP contribution in [-0.4, -0.2) is 52.5 Å². The van der Waals surface area contributed by atoms with Crippen molar-refractivity contribution in [1.82, 2.24) is 34.3 Å². The highest BCUT2D eigenvalue weighted by atomic mass is 35.5. The van der Waals surface area contributed by atoms with Gasteiger partial charge in [-0.15, -0.1) is 0 Å². The third kappa shape index (κ3) is 4.36. The van der Waals surface area contributed by atoms with E-state index < -0.39 is 5.60 Å². The van der Waals surface area contributed by atoms with E-state index in [9.17, 15) is 5.11 Å². The largest absolute Gasteiger partial charge is 0.381 e. The Balaban J connectivity index is 1.21. The van der Waals surface area contributed by atoms with Gasteiger partial charge in [0.2, 0.25) is 0 Å². The zero-order valence-electron chi connectivity index (χ0n) is 20.5. The van der Waals surface area contributed by atoms with Gasteiger partial charge in [0.15, 0.2) is 11.6 Å². The van der Waals surface area contributed by atoms with Crippen molar-refractivity contribution in [2.45, 2.75) is 18.9 Å². The smallest absolute Gasteiger partial charge is 0.156 e. The topological polar surface area (TPSA) is 97.3 Å². The molecule has 4 aromatic heterocycles. The number of halogens is 1. The van der Waals surface area contributed by atoms with Crippen LogP contribution in [0.4, 0.5) is 5.82 Å². The van der Waals surface area contributed by atoms with Crippen LogP contribution < -0.4 is 4.90 Å². The van der Waals surface area contributed by atoms with E-state index in [1.54, 1.807) is 42.5 Å². The second-order valence-corrected chi connectivity index (χ2v) is 9.78. The fraction of sp³-hybridized carbons (Fsp3) is 0.222. The molecule has 186 valence electrons. The average Bonchev–Trinajstić information content (AvgIpc) is 3.55. The van der Waals surface area contributed by atoms with Gasteiger partial charge in [0, 0.05) is 66.6 Å². The highest BCUT2D eigenvalue weighted by molar-refractivity contribution is 6.30. The summed E-state index contributed by atoms with van der Waals surface area (Å²) < 4.78 is 3.65. The van der Waals surface area contributed by atoms with Crippen molar-refractivity contribution < 1.29 is 5.11 Å². The first-order valence-corrected chi connectivity index (χ1v) is 12.3. The van der Waals surface area contributed by atoms with Crippen LogP contribution in [0, 0.1) is 0 Å². The Morgan fingerprint density at radius 1 is 0.946 bits per heavy atom. The molecule has 0 radical (unpaired) electrons. The predicted octanol–water partition coefficient (Wildman–Crippen LogP) is 4.12. The van der Waals surface area contributed by atoms with E-state index in [1.165, 1.54) is 0 Å². The number of aryl methyl sites for hydroxylation is 1. The van der Waals surface area contributed by atoms with Gasteiger partial charge in [0.05, 0.1) is 6.20 Å². The SMILES string of the molecule is Cn1cc(-c2cc3c(N4CC=C(c5ncc(C(C)(O)c6ccc(Cl)cc6)cn5)CC4)ncnn3c2)cn1. The molecule has 1 N–H and O–H groups in total. The second kappa shape index (κ2) is 9.10. The van der Waals surface area contributed by atoms with Gasteiger partial charge < -0.3 is 10.0 Å². The number of nitrogens with zero attached hydrogens (tertiary/aromatic N) is 8. The fourth-order valence-corrected chi connectivity index (χ4v) is 4.77. The Kier molecular flexibility index (Phi) is 5.73. The predicted molar refractivity (Wildman–Crippen MR) is 142 cm³/mol. The first-order valence-electron chi connectivity index (χ1n) is 12.0. The van der Waals surface area contributed by atoms with E-state index in [1.807, 2.05) is 42.3 Å². The number of aliphatic hydroxyl groups is 1. The number of hydrogen-bond donors (Lipinski definition) is 1. The monoisotopic (exact) mass is 512 g/mol. The lowest BCUT2D eigenvalue weighted by molar-refractivity contribution is 0.101. The van der Waals surface area contributed by atoms with Crippen molar-refractivity contribution in [3.05, 3.63) is 95.7 Å². The molecular weight excluding hydrogens is 488 g/mol. The van der Waals surface area contributed by atoms with Gasteiger partial charge in [0.25, 0.3) is 0 Å². The molecule has 0 saturated heterocycles. The van der Waals surface area contributed by atoms with Crippen molar-refractivity contribution in [1.29, 1.82) is 0 Å². The van der Waals surface area contributed by atoms with E-state index in [2.05, 4.69) is 42.2 Å². The molecular formula is C27H25ClN8O. The Labute approximate surface area is 218 Å². The normalized spacial score (nSPS) is 15.6. The summed E-state index contributed by atoms with van der Waals surface area (Å²) in [6.07, 6.45) is 13.7. The third-order valence-corrected chi connectivity index (χ3v) is 7.09. The molecule has 1 aliphatic rings. The maximum absolute atomic E-state index is 11.1. The summed E-state index contributed by atoms with van der Waals surface area (Å²) in [5, 5.41) is 20.4. The summed E-state index contributed by atoms with van der Waals surface area (Å²) in [5.74, 6) is 1.56. The van der Waals surface area contributed by atoms with Crippen molar-refractivity contribution in [3.8, 4) is 11.1 Å². The zero-order valence-corrected chi connectivity index (χ0v) is 21.2. The molecule has 1 unspecified atom stereocenters. The standard InChI is InChI=1S/C27H25ClN8O/c1-27(37,21-3-5-23(28)6-4-21)22-13-29-25(30-14-22)18-7-9-35(10-8-18)26-24-11-19(16-36(24)33-17-31-26)20-12-32-34(2)15-20/h3-7,11-17,37H,8-10H2,1-2H3. The Bertz CT molecular complexity index is 1600. The number of benzene rings is 1. The lowest BCUT2D eigenvalue weighted by Crippen LogP contribution is -2.30. The average molecular weight is 513 g/mol. The Morgan fingerprint density at radius 2 is 1.73 bits per heavy atom. The highest BCUT2D eigenvalue weighted by Gasteiger charge is 2.27. The minimum absolute atomic E-state index is 0.623. The third-order valence-electron chi connectivity index (χ3n) is 6.84. The summed E-state index contributed by atoms with van der Waals surface area (Å²) in [7, 11) is 1.90. The van der Waals surface area contributed by atoms with Gasteiger partial charge in [0.1, 0.15) is 17.4 Å². The zero-order chi connectivity index (χ0) is 25.6. The van der Waals surface area contributed by atoms with E-state index in [4.69, 9.17) is 11.6 Å². The maximum atomic E-state index is 11.1. The minimum Gasteiger partial charge on any atom is -0.381 e. The Hall–Kier alpha value is -4.08. The minimum atomic E-state index is -1.22. The molecule has 10 heteroatoms. The first-order chi connectivity index (χ1) is 17.9. The molecule has 0 amide bonds. The molecule has 0 fully saturated rings. The summed E-state index contributed by atoms with van der Waals surface area (Å²) in [5.41, 5.74) is 4.24. The van der Waals surface area contributed by atoms with Crippen LogP contribution in [0.5, 0.6) is 0 Å². The molecule has 5 aromatic rings. The van der Waals surface area contributed by atoms with Gasteiger partial charge in [-0.25, -0.2) is 19.5 Å². The number of rotatable bonds is 5. The van der Waals surface area contributed by atoms with Crippen molar-refractivity contribution in [2.75, 3.05) is 18.0 Å². The number of aromatic nitrogens is 7. The molecule has 0 spiro atoms. The van der Waals surface area contributed by atoms with Crippen LogP contribution in [0.2, 0.25) is 5.02 Å². The molecule has 0 aliphatic carbocycles. The number of fused-ring (bicyclic) bond motifs is 1. The quantitative estimate of drug-likeness (QED) is 0.378. The van der Waals surface area contributed by atoms with Gasteiger partial charge in [-0.2, -0.15) is 10.2 Å². The van der Waals surface area contributed by atoms with E-state index in [0.717, 1.165) is 46.6 Å². The summed E-state index contributed by atoms with van der Waals surface area (Å²) in [6.45, 7) is 3.19. The van der Waals surface area contributed by atoms with Crippen LogP contribution in [0.3, 0.4) is 0 Å². The van der Waals surface area contributed by atoms with Crippen LogP contribution >= 0.6 is 11.6 Å². The van der Waals surface area contributed by atoms with Crippen LogP contribution in [-0.2, 0) is 12.6 Å². The highest BCUT2D eigenvalue weighted by Crippen LogP contribution is 2.31. The number of hydrogen-bond acceptors (Lipinski definition) is 7.